The highest BCUT2D eigenvalue weighted by atomic mass is 79.9. The first-order chi connectivity index (χ1) is 10.00. The maximum Gasteiger partial charge on any atom is 0.232 e. The molecule has 21 heavy (non-hydrogen) atoms. The van der Waals surface area contributed by atoms with Gasteiger partial charge in [0.1, 0.15) is 12.4 Å². The number of sulfonamides is 1. The second-order valence-corrected chi connectivity index (χ2v) is 7.29. The Hall–Kier alpha value is -1.53. The third-order valence-electron chi connectivity index (χ3n) is 2.82. The molecule has 2 aromatic rings. The minimum Gasteiger partial charge on any atom is -0.488 e. The van der Waals surface area contributed by atoms with E-state index in [0.717, 1.165) is 5.56 Å². The first-order valence-electron chi connectivity index (χ1n) is 6.47. The van der Waals surface area contributed by atoms with E-state index in [0.29, 0.717) is 22.5 Å². The number of halogens is 1. The minimum absolute atomic E-state index is 0.0386. The lowest BCUT2D eigenvalue weighted by molar-refractivity contribution is 0.304. The third-order valence-corrected chi connectivity index (χ3v) is 4.75. The van der Waals surface area contributed by atoms with Gasteiger partial charge in [-0.2, -0.15) is 0 Å². The van der Waals surface area contributed by atoms with Gasteiger partial charge in [-0.1, -0.05) is 30.3 Å². The Morgan fingerprint density at radius 3 is 2.48 bits per heavy atom. The van der Waals surface area contributed by atoms with Gasteiger partial charge >= 0.3 is 0 Å². The number of anilines is 1. The van der Waals surface area contributed by atoms with Crippen LogP contribution in [-0.2, 0) is 16.6 Å². The number of nitrogens with one attached hydrogen (secondary N) is 1. The first kappa shape index (κ1) is 15.9. The molecule has 0 aliphatic heterocycles. The Morgan fingerprint density at radius 2 is 1.86 bits per heavy atom. The molecule has 0 radical (unpaired) electrons. The zero-order valence-electron chi connectivity index (χ0n) is 11.5. The van der Waals surface area contributed by atoms with Crippen LogP contribution in [0.15, 0.2) is 53.0 Å². The number of benzene rings is 2. The molecule has 0 aromatic heterocycles. The van der Waals surface area contributed by atoms with E-state index in [1.54, 1.807) is 25.1 Å². The van der Waals surface area contributed by atoms with Gasteiger partial charge in [0.25, 0.3) is 0 Å². The van der Waals surface area contributed by atoms with Crippen molar-refractivity contribution in [3.05, 3.63) is 58.6 Å². The fourth-order valence-electron chi connectivity index (χ4n) is 1.67. The van der Waals surface area contributed by atoms with Gasteiger partial charge in [0.05, 0.1) is 10.2 Å². The van der Waals surface area contributed by atoms with Crippen LogP contribution in [0.4, 0.5) is 5.69 Å². The van der Waals surface area contributed by atoms with Gasteiger partial charge in [-0.05, 0) is 46.6 Å². The molecule has 0 atom stereocenters. The van der Waals surface area contributed by atoms with Crippen molar-refractivity contribution in [3.8, 4) is 5.75 Å². The minimum atomic E-state index is -3.27. The standard InChI is InChI=1S/C15H16BrNO3S/c1-2-21(18,19)17-13-8-9-15(14(16)10-13)20-11-12-6-4-3-5-7-12/h3-10,17H,2,11H2,1H3. The van der Waals surface area contributed by atoms with Crippen molar-refractivity contribution in [1.82, 2.24) is 0 Å². The van der Waals surface area contributed by atoms with Crippen LogP contribution in [0.5, 0.6) is 5.75 Å². The van der Waals surface area contributed by atoms with E-state index in [4.69, 9.17) is 4.74 Å². The second-order valence-electron chi connectivity index (χ2n) is 4.42. The fourth-order valence-corrected chi connectivity index (χ4v) is 2.79. The van der Waals surface area contributed by atoms with Crippen molar-refractivity contribution in [2.75, 3.05) is 10.5 Å². The first-order valence-corrected chi connectivity index (χ1v) is 8.91. The summed E-state index contributed by atoms with van der Waals surface area (Å²) < 4.78 is 31.9. The van der Waals surface area contributed by atoms with Crippen LogP contribution in [0.25, 0.3) is 0 Å². The predicted octanol–water partition coefficient (Wildman–Crippen LogP) is 3.79. The number of hydrogen-bond acceptors (Lipinski definition) is 3. The maximum absolute atomic E-state index is 11.5. The Balaban J connectivity index is 2.06. The highest BCUT2D eigenvalue weighted by Gasteiger charge is 2.09. The summed E-state index contributed by atoms with van der Waals surface area (Å²) in [4.78, 5) is 0. The van der Waals surface area contributed by atoms with Gasteiger partial charge in [-0.15, -0.1) is 0 Å². The van der Waals surface area contributed by atoms with E-state index < -0.39 is 10.0 Å². The summed E-state index contributed by atoms with van der Waals surface area (Å²) in [5.74, 6) is 0.704. The second kappa shape index (κ2) is 6.95. The van der Waals surface area contributed by atoms with Crippen molar-refractivity contribution >= 4 is 31.6 Å². The molecule has 1 N–H and O–H groups in total. The molecule has 0 spiro atoms. The van der Waals surface area contributed by atoms with E-state index in [-0.39, 0.29) is 5.75 Å². The molecule has 6 heteroatoms. The zero-order chi connectivity index (χ0) is 15.3. The van der Waals surface area contributed by atoms with E-state index in [9.17, 15) is 8.42 Å². The van der Waals surface area contributed by atoms with Gasteiger partial charge in [0.2, 0.25) is 10.0 Å². The lowest BCUT2D eigenvalue weighted by Gasteiger charge is -2.11. The summed E-state index contributed by atoms with van der Waals surface area (Å²) in [5.41, 5.74) is 1.58. The van der Waals surface area contributed by atoms with Crippen LogP contribution in [0.3, 0.4) is 0 Å². The summed E-state index contributed by atoms with van der Waals surface area (Å²) in [6, 6.07) is 14.9. The smallest absolute Gasteiger partial charge is 0.232 e. The van der Waals surface area contributed by atoms with E-state index in [1.165, 1.54) is 0 Å². The quantitative estimate of drug-likeness (QED) is 0.842. The van der Waals surface area contributed by atoms with Gasteiger partial charge in [0, 0.05) is 5.69 Å². The summed E-state index contributed by atoms with van der Waals surface area (Å²) >= 11 is 3.39. The Labute approximate surface area is 133 Å². The highest BCUT2D eigenvalue weighted by molar-refractivity contribution is 9.10. The SMILES string of the molecule is CCS(=O)(=O)Nc1ccc(OCc2ccccc2)c(Br)c1. The fraction of sp³-hybridized carbons (Fsp3) is 0.200. The van der Waals surface area contributed by atoms with Crippen molar-refractivity contribution in [2.24, 2.45) is 0 Å². The molecular formula is C15H16BrNO3S. The van der Waals surface area contributed by atoms with Crippen LogP contribution in [-0.4, -0.2) is 14.2 Å². The lowest BCUT2D eigenvalue weighted by atomic mass is 10.2. The van der Waals surface area contributed by atoms with Gasteiger partial charge in [-0.25, -0.2) is 8.42 Å². The lowest BCUT2D eigenvalue weighted by Crippen LogP contribution is -2.14. The van der Waals surface area contributed by atoms with Crippen LogP contribution in [0.2, 0.25) is 0 Å². The Kier molecular flexibility index (Phi) is 5.25. The van der Waals surface area contributed by atoms with E-state index in [2.05, 4.69) is 20.7 Å². The van der Waals surface area contributed by atoms with Crippen molar-refractivity contribution in [1.29, 1.82) is 0 Å². The molecule has 0 amide bonds. The predicted molar refractivity (Wildman–Crippen MR) is 88.0 cm³/mol. The zero-order valence-corrected chi connectivity index (χ0v) is 13.9. The van der Waals surface area contributed by atoms with Crippen LogP contribution in [0.1, 0.15) is 12.5 Å². The topological polar surface area (TPSA) is 55.4 Å². The summed E-state index contributed by atoms with van der Waals surface area (Å²) in [5, 5.41) is 0. The monoisotopic (exact) mass is 369 g/mol. The Morgan fingerprint density at radius 1 is 1.14 bits per heavy atom. The van der Waals surface area contributed by atoms with Gasteiger partial charge in [-0.3, -0.25) is 4.72 Å². The molecule has 0 saturated carbocycles. The Bertz CT molecular complexity index is 702. The molecule has 0 saturated heterocycles. The largest absolute Gasteiger partial charge is 0.488 e. The molecule has 2 rings (SSSR count). The average Bonchev–Trinajstić information content (AvgIpc) is 2.47. The van der Waals surface area contributed by atoms with Crippen LogP contribution in [0, 0.1) is 0 Å². The molecule has 2 aromatic carbocycles. The van der Waals surface area contributed by atoms with E-state index in [1.807, 2.05) is 30.3 Å². The molecule has 0 unspecified atom stereocenters. The van der Waals surface area contributed by atoms with Gasteiger partial charge < -0.3 is 4.74 Å². The molecule has 0 aliphatic rings. The van der Waals surface area contributed by atoms with Crippen LogP contribution >= 0.6 is 15.9 Å². The maximum atomic E-state index is 11.5. The molecule has 112 valence electrons. The third kappa shape index (κ3) is 4.75. The normalized spacial score (nSPS) is 11.1. The molecule has 0 heterocycles. The molecular weight excluding hydrogens is 354 g/mol. The molecule has 0 aliphatic carbocycles. The average molecular weight is 370 g/mol. The van der Waals surface area contributed by atoms with Crippen molar-refractivity contribution < 1.29 is 13.2 Å². The van der Waals surface area contributed by atoms with Gasteiger partial charge in [0.15, 0.2) is 0 Å². The number of hydrogen-bond donors (Lipinski definition) is 1. The van der Waals surface area contributed by atoms with E-state index >= 15 is 0 Å². The number of ether oxygens (including phenoxy) is 1. The molecule has 4 nitrogen and oxygen atoms in total. The number of rotatable bonds is 6. The summed E-state index contributed by atoms with van der Waals surface area (Å²) in [7, 11) is -3.27. The summed E-state index contributed by atoms with van der Waals surface area (Å²) in [6.07, 6.45) is 0. The summed E-state index contributed by atoms with van der Waals surface area (Å²) in [6.45, 7) is 2.05. The molecule has 0 bridgehead atoms. The van der Waals surface area contributed by atoms with Crippen LogP contribution < -0.4 is 9.46 Å². The van der Waals surface area contributed by atoms with Crippen molar-refractivity contribution in [2.45, 2.75) is 13.5 Å². The highest BCUT2D eigenvalue weighted by Crippen LogP contribution is 2.29. The molecule has 0 fully saturated rings. The van der Waals surface area contributed by atoms with Crippen molar-refractivity contribution in [3.63, 3.8) is 0 Å².